The molecular formula is C13H9NO4. The van der Waals surface area contributed by atoms with Gasteiger partial charge in [-0.3, -0.25) is 14.2 Å². The summed E-state index contributed by atoms with van der Waals surface area (Å²) < 4.78 is 1.20. The lowest BCUT2D eigenvalue weighted by molar-refractivity contribution is 0.384. The largest absolute Gasteiger partial charge is 0.494 e. The Balaban J connectivity index is 2.85. The van der Waals surface area contributed by atoms with Crippen LogP contribution in [-0.2, 0) is 7.05 Å². The van der Waals surface area contributed by atoms with Gasteiger partial charge in [0, 0.05) is 23.2 Å². The minimum atomic E-state index is -0.411. The lowest BCUT2D eigenvalue weighted by Gasteiger charge is -2.13. The van der Waals surface area contributed by atoms with Crippen molar-refractivity contribution in [2.24, 2.45) is 7.05 Å². The summed E-state index contributed by atoms with van der Waals surface area (Å²) in [4.78, 5) is 23.5. The molecule has 0 amide bonds. The second-order valence-electron chi connectivity index (χ2n) is 4.18. The summed E-state index contributed by atoms with van der Waals surface area (Å²) in [5.41, 5.74) is -0.823. The Labute approximate surface area is 100 Å². The van der Waals surface area contributed by atoms with Crippen LogP contribution in [-0.4, -0.2) is 14.8 Å². The minimum Gasteiger partial charge on any atom is -0.494 e. The van der Waals surface area contributed by atoms with Crippen LogP contribution in [0.5, 0.6) is 11.8 Å². The van der Waals surface area contributed by atoms with Crippen LogP contribution in [0.3, 0.4) is 0 Å². The third-order valence-electron chi connectivity index (χ3n) is 3.20. The number of nitrogens with zero attached hydrogens (tertiary/aromatic N) is 1. The zero-order valence-corrected chi connectivity index (χ0v) is 9.47. The van der Waals surface area contributed by atoms with Crippen molar-refractivity contribution >= 4 is 21.5 Å². The van der Waals surface area contributed by atoms with Crippen molar-refractivity contribution in [2.45, 2.75) is 0 Å². The molecule has 3 rings (SSSR count). The molecular weight excluding hydrogens is 234 g/mol. The second kappa shape index (κ2) is 3.22. The lowest BCUT2D eigenvalue weighted by atomic mass is 10.0. The standard InChI is InChI=1S/C13H9NO4/c1-14-12(17)6-2-4-8(15)11-9(16)5-3-7(10(6)11)13(14)18/h2-5,17-18H,1H3. The average molecular weight is 243 g/mol. The average Bonchev–Trinajstić information content (AvgIpc) is 2.35. The molecule has 0 saturated heterocycles. The Morgan fingerprint density at radius 3 is 1.72 bits per heavy atom. The molecule has 1 heterocycles. The monoisotopic (exact) mass is 243 g/mol. The molecule has 0 aliphatic heterocycles. The molecule has 0 saturated carbocycles. The molecule has 3 aromatic rings. The van der Waals surface area contributed by atoms with E-state index >= 15 is 0 Å². The zero-order valence-electron chi connectivity index (χ0n) is 9.47. The Morgan fingerprint density at radius 1 is 0.833 bits per heavy atom. The number of hydrogen-bond donors (Lipinski definition) is 2. The third kappa shape index (κ3) is 1.10. The van der Waals surface area contributed by atoms with Crippen LogP contribution in [0.25, 0.3) is 21.5 Å². The highest BCUT2D eigenvalue weighted by atomic mass is 16.3. The van der Waals surface area contributed by atoms with Crippen LogP contribution in [0.4, 0.5) is 0 Å². The van der Waals surface area contributed by atoms with E-state index in [1.54, 1.807) is 0 Å². The lowest BCUT2D eigenvalue weighted by Crippen LogP contribution is -2.12. The highest BCUT2D eigenvalue weighted by molar-refractivity contribution is 6.13. The van der Waals surface area contributed by atoms with Crippen LogP contribution >= 0.6 is 0 Å². The quantitative estimate of drug-likeness (QED) is 0.614. The van der Waals surface area contributed by atoms with Crippen LogP contribution in [0.2, 0.25) is 0 Å². The van der Waals surface area contributed by atoms with Gasteiger partial charge in [-0.1, -0.05) is 0 Å². The number of pyridine rings is 1. The number of hydrogen-bond acceptors (Lipinski definition) is 4. The van der Waals surface area contributed by atoms with E-state index in [1.807, 2.05) is 0 Å². The first-order valence-electron chi connectivity index (χ1n) is 5.32. The van der Waals surface area contributed by atoms with Crippen molar-refractivity contribution in [3.63, 3.8) is 0 Å². The van der Waals surface area contributed by atoms with E-state index in [2.05, 4.69) is 0 Å². The van der Waals surface area contributed by atoms with Crippen molar-refractivity contribution < 1.29 is 10.2 Å². The van der Waals surface area contributed by atoms with E-state index in [0.717, 1.165) is 0 Å². The van der Waals surface area contributed by atoms with Crippen molar-refractivity contribution in [2.75, 3.05) is 0 Å². The fourth-order valence-electron chi connectivity index (χ4n) is 2.27. The molecule has 5 nitrogen and oxygen atoms in total. The smallest absolute Gasteiger partial charge is 0.201 e. The molecule has 2 aromatic carbocycles. The maximum absolute atomic E-state index is 11.7. The van der Waals surface area contributed by atoms with Gasteiger partial charge in [0.05, 0.1) is 5.39 Å². The van der Waals surface area contributed by atoms with Crippen LogP contribution in [0.1, 0.15) is 0 Å². The molecule has 0 fully saturated rings. The molecule has 1 aromatic heterocycles. The molecule has 0 unspecified atom stereocenters. The van der Waals surface area contributed by atoms with E-state index in [1.165, 1.54) is 35.9 Å². The predicted molar refractivity (Wildman–Crippen MR) is 67.5 cm³/mol. The van der Waals surface area contributed by atoms with Gasteiger partial charge in [0.25, 0.3) is 0 Å². The maximum atomic E-state index is 11.7. The molecule has 0 aliphatic carbocycles. The van der Waals surface area contributed by atoms with Gasteiger partial charge < -0.3 is 10.2 Å². The Kier molecular flexibility index (Phi) is 1.90. The van der Waals surface area contributed by atoms with Gasteiger partial charge in [-0.05, 0) is 24.3 Å². The fraction of sp³-hybridized carbons (Fsp3) is 0.0769. The Morgan fingerprint density at radius 2 is 1.28 bits per heavy atom. The summed E-state index contributed by atoms with van der Waals surface area (Å²) in [6.07, 6.45) is 0. The van der Waals surface area contributed by atoms with E-state index in [4.69, 9.17) is 0 Å². The van der Waals surface area contributed by atoms with Crippen molar-refractivity contribution in [3.8, 4) is 11.8 Å². The second-order valence-corrected chi connectivity index (χ2v) is 4.18. The topological polar surface area (TPSA) is 79.5 Å². The molecule has 0 bridgehead atoms. The first kappa shape index (κ1) is 10.6. The minimum absolute atomic E-state index is 0.00352. The number of aromatic nitrogens is 1. The van der Waals surface area contributed by atoms with Gasteiger partial charge >= 0.3 is 0 Å². The van der Waals surface area contributed by atoms with Crippen LogP contribution < -0.4 is 10.9 Å². The normalized spacial score (nSPS) is 11.4. The molecule has 90 valence electrons. The van der Waals surface area contributed by atoms with Crippen molar-refractivity contribution in [1.82, 2.24) is 4.57 Å². The highest BCUT2D eigenvalue weighted by Gasteiger charge is 2.16. The SMILES string of the molecule is Cn1c(O)c2ccc(=O)c3c(=O)ccc(c1O)c23. The van der Waals surface area contributed by atoms with Crippen molar-refractivity contribution in [1.29, 1.82) is 0 Å². The number of benzene rings is 2. The maximum Gasteiger partial charge on any atom is 0.201 e. The summed E-state index contributed by atoms with van der Waals surface area (Å²) in [6, 6.07) is 5.39. The third-order valence-corrected chi connectivity index (χ3v) is 3.20. The van der Waals surface area contributed by atoms with E-state index < -0.39 is 10.9 Å². The molecule has 2 N–H and O–H groups in total. The molecule has 0 aliphatic rings. The molecule has 18 heavy (non-hydrogen) atoms. The fourth-order valence-corrected chi connectivity index (χ4v) is 2.27. The van der Waals surface area contributed by atoms with E-state index in [-0.39, 0.29) is 17.1 Å². The molecule has 0 atom stereocenters. The molecule has 0 radical (unpaired) electrons. The molecule has 5 heteroatoms. The summed E-state index contributed by atoms with van der Waals surface area (Å²) >= 11 is 0. The summed E-state index contributed by atoms with van der Waals surface area (Å²) in [7, 11) is 1.50. The summed E-state index contributed by atoms with van der Waals surface area (Å²) in [5, 5.41) is 21.0. The molecule has 0 spiro atoms. The highest BCUT2D eigenvalue weighted by Crippen LogP contribution is 2.35. The van der Waals surface area contributed by atoms with E-state index in [0.29, 0.717) is 16.2 Å². The van der Waals surface area contributed by atoms with Crippen LogP contribution in [0, 0.1) is 0 Å². The Bertz CT molecular complexity index is 826. The van der Waals surface area contributed by atoms with Gasteiger partial charge in [0.1, 0.15) is 0 Å². The summed E-state index contributed by atoms with van der Waals surface area (Å²) in [5.74, 6) is -0.369. The van der Waals surface area contributed by atoms with Crippen LogP contribution in [0.15, 0.2) is 33.9 Å². The van der Waals surface area contributed by atoms with Gasteiger partial charge in [-0.15, -0.1) is 0 Å². The number of aromatic hydroxyl groups is 2. The van der Waals surface area contributed by atoms with Gasteiger partial charge in [0.15, 0.2) is 10.9 Å². The van der Waals surface area contributed by atoms with Gasteiger partial charge in [-0.25, -0.2) is 0 Å². The van der Waals surface area contributed by atoms with Gasteiger partial charge in [0.2, 0.25) is 11.8 Å². The Hall–Kier alpha value is -2.56. The zero-order chi connectivity index (χ0) is 13.0. The van der Waals surface area contributed by atoms with E-state index in [9.17, 15) is 19.8 Å². The first-order chi connectivity index (χ1) is 8.52. The van der Waals surface area contributed by atoms with Gasteiger partial charge in [-0.2, -0.15) is 0 Å². The summed E-state index contributed by atoms with van der Waals surface area (Å²) in [6.45, 7) is 0. The first-order valence-corrected chi connectivity index (χ1v) is 5.32. The predicted octanol–water partition coefficient (Wildman–Crippen LogP) is 0.901. The number of rotatable bonds is 0. The van der Waals surface area contributed by atoms with Crippen molar-refractivity contribution in [3.05, 3.63) is 44.7 Å².